The maximum absolute atomic E-state index is 14.3. The van der Waals surface area contributed by atoms with Gasteiger partial charge in [-0.25, -0.2) is 4.39 Å². The third-order valence-corrected chi connectivity index (χ3v) is 7.19. The van der Waals surface area contributed by atoms with E-state index < -0.39 is 11.2 Å². The molecule has 0 aromatic heterocycles. The Bertz CT molecular complexity index is 1120. The highest BCUT2D eigenvalue weighted by molar-refractivity contribution is 8.01. The lowest BCUT2D eigenvalue weighted by molar-refractivity contribution is -0.128. The van der Waals surface area contributed by atoms with Crippen LogP contribution in [0.25, 0.3) is 0 Å². The van der Waals surface area contributed by atoms with Gasteiger partial charge in [-0.3, -0.25) is 9.59 Å². The highest BCUT2D eigenvalue weighted by atomic mass is 32.2. The van der Waals surface area contributed by atoms with Gasteiger partial charge in [-0.2, -0.15) is 0 Å². The molecule has 3 aromatic rings. The van der Waals surface area contributed by atoms with E-state index in [9.17, 15) is 14.0 Å². The van der Waals surface area contributed by atoms with E-state index in [0.29, 0.717) is 5.56 Å². The molecule has 1 heterocycles. The summed E-state index contributed by atoms with van der Waals surface area (Å²) in [5.41, 5.74) is 2.19. The van der Waals surface area contributed by atoms with Crippen LogP contribution < -0.4 is 10.2 Å². The number of rotatable bonds is 6. The smallest absolute Gasteiger partial charge is 0.241 e. The summed E-state index contributed by atoms with van der Waals surface area (Å²) in [4.78, 5) is 29.1. The first-order valence-corrected chi connectivity index (χ1v) is 11.5. The number of nitrogens with zero attached hydrogens (tertiary/aromatic N) is 1. The average molecular weight is 449 g/mol. The number of para-hydroxylation sites is 1. The normalized spacial score (nSPS) is 17.4. The molecule has 6 heteroatoms. The van der Waals surface area contributed by atoms with Crippen molar-refractivity contribution in [2.75, 3.05) is 4.90 Å². The van der Waals surface area contributed by atoms with Crippen LogP contribution in [0, 0.1) is 11.7 Å². The first-order chi connectivity index (χ1) is 15.5. The lowest BCUT2D eigenvalue weighted by Gasteiger charge is -2.36. The highest BCUT2D eigenvalue weighted by Crippen LogP contribution is 2.42. The summed E-state index contributed by atoms with van der Waals surface area (Å²) in [6.07, 6.45) is 0. The first-order valence-electron chi connectivity index (χ1n) is 10.6. The fraction of sp³-hybridized carbons (Fsp3) is 0.231. The largest absolute Gasteiger partial charge is 0.349 e. The predicted octanol–water partition coefficient (Wildman–Crippen LogP) is 5.35. The Kier molecular flexibility index (Phi) is 6.61. The van der Waals surface area contributed by atoms with Gasteiger partial charge in [-0.1, -0.05) is 67.6 Å². The summed E-state index contributed by atoms with van der Waals surface area (Å²) in [5, 5.41) is 2.43. The van der Waals surface area contributed by atoms with Crippen molar-refractivity contribution in [1.82, 2.24) is 5.32 Å². The number of carbonyl (C=O) groups excluding carboxylic acids is 2. The molecule has 3 atom stereocenters. The number of nitrogens with one attached hydrogen (secondary N) is 1. The molecule has 4 rings (SSSR count). The highest BCUT2D eigenvalue weighted by Gasteiger charge is 2.39. The summed E-state index contributed by atoms with van der Waals surface area (Å²) in [7, 11) is 0. The van der Waals surface area contributed by atoms with Crippen molar-refractivity contribution in [2.45, 2.75) is 36.6 Å². The van der Waals surface area contributed by atoms with E-state index in [4.69, 9.17) is 0 Å². The third-order valence-electron chi connectivity index (χ3n) is 5.73. The van der Waals surface area contributed by atoms with E-state index in [0.717, 1.165) is 16.1 Å². The van der Waals surface area contributed by atoms with Crippen LogP contribution in [-0.4, -0.2) is 17.1 Å². The summed E-state index contributed by atoms with van der Waals surface area (Å²) < 4.78 is 14.3. The quantitative estimate of drug-likeness (QED) is 0.553. The molecule has 1 aliphatic rings. The number of fused-ring (bicyclic) bond motifs is 1. The Labute approximate surface area is 191 Å². The molecule has 0 aliphatic carbocycles. The van der Waals surface area contributed by atoms with E-state index in [2.05, 4.69) is 5.32 Å². The van der Waals surface area contributed by atoms with Crippen molar-refractivity contribution in [2.24, 2.45) is 5.92 Å². The van der Waals surface area contributed by atoms with Crippen LogP contribution >= 0.6 is 11.8 Å². The lowest BCUT2D eigenvalue weighted by Crippen LogP contribution is -2.47. The van der Waals surface area contributed by atoms with Crippen molar-refractivity contribution in [3.8, 4) is 0 Å². The summed E-state index contributed by atoms with van der Waals surface area (Å²) >= 11 is 1.40. The van der Waals surface area contributed by atoms with Crippen molar-refractivity contribution >= 4 is 29.3 Å². The molecule has 4 nitrogen and oxygen atoms in total. The summed E-state index contributed by atoms with van der Waals surface area (Å²) in [6.45, 7) is 3.82. The Morgan fingerprint density at radius 2 is 1.66 bits per heavy atom. The molecular formula is C26H25FN2O2S. The van der Waals surface area contributed by atoms with Crippen molar-refractivity contribution in [1.29, 1.82) is 0 Å². The molecule has 0 unspecified atom stereocenters. The summed E-state index contributed by atoms with van der Waals surface area (Å²) in [6, 6.07) is 23.6. The standard InChI is InChI=1S/C26H25FN2O2S/c1-17(25(30)28-18(2)19-10-4-3-5-11-19)24-26(31)29(16-20-12-6-7-13-21(20)27)22-14-8-9-15-23(22)32-24/h3-15,17-18,24H,16H2,1-2H3,(H,28,30)/t17-,18+,24+/m1/s1. The molecule has 1 N–H and O–H groups in total. The van der Waals surface area contributed by atoms with Crippen molar-refractivity contribution in [3.63, 3.8) is 0 Å². The zero-order valence-electron chi connectivity index (χ0n) is 18.0. The molecule has 32 heavy (non-hydrogen) atoms. The SMILES string of the molecule is C[C@H](NC(=O)[C@H](C)[C@@H]1Sc2ccccc2N(Cc2ccccc2F)C1=O)c1ccccc1. The fourth-order valence-corrected chi connectivity index (χ4v) is 5.11. The predicted molar refractivity (Wildman–Crippen MR) is 126 cm³/mol. The third kappa shape index (κ3) is 4.55. The van der Waals surface area contributed by atoms with Crippen LogP contribution in [0.4, 0.5) is 10.1 Å². The van der Waals surface area contributed by atoms with Gasteiger partial charge in [0.05, 0.1) is 24.2 Å². The van der Waals surface area contributed by atoms with Gasteiger partial charge in [0, 0.05) is 10.5 Å². The van der Waals surface area contributed by atoms with E-state index in [-0.39, 0.29) is 30.2 Å². The van der Waals surface area contributed by atoms with E-state index in [1.165, 1.54) is 17.8 Å². The maximum Gasteiger partial charge on any atom is 0.241 e. The van der Waals surface area contributed by atoms with Gasteiger partial charge in [0.25, 0.3) is 0 Å². The Morgan fingerprint density at radius 1 is 1.00 bits per heavy atom. The maximum atomic E-state index is 14.3. The minimum absolute atomic E-state index is 0.119. The van der Waals surface area contributed by atoms with Gasteiger partial charge in [0.1, 0.15) is 11.1 Å². The molecule has 0 saturated carbocycles. The molecule has 0 radical (unpaired) electrons. The van der Waals surface area contributed by atoms with Gasteiger partial charge in [0.15, 0.2) is 0 Å². The first kappa shape index (κ1) is 22.1. The van der Waals surface area contributed by atoms with E-state index >= 15 is 0 Å². The average Bonchev–Trinajstić information content (AvgIpc) is 2.82. The zero-order chi connectivity index (χ0) is 22.7. The van der Waals surface area contributed by atoms with Gasteiger partial charge in [-0.05, 0) is 30.7 Å². The van der Waals surface area contributed by atoms with Crippen molar-refractivity contribution in [3.05, 3.63) is 95.8 Å². The number of halogens is 1. The molecule has 1 aliphatic heterocycles. The monoisotopic (exact) mass is 448 g/mol. The fourth-order valence-electron chi connectivity index (χ4n) is 3.82. The van der Waals surface area contributed by atoms with Crippen LogP contribution in [0.5, 0.6) is 0 Å². The van der Waals surface area contributed by atoms with Crippen LogP contribution in [0.3, 0.4) is 0 Å². The number of anilines is 1. The van der Waals surface area contributed by atoms with Gasteiger partial charge < -0.3 is 10.2 Å². The van der Waals surface area contributed by atoms with Gasteiger partial charge in [0.2, 0.25) is 11.8 Å². The summed E-state index contributed by atoms with van der Waals surface area (Å²) in [5.74, 6) is -1.28. The van der Waals surface area contributed by atoms with Crippen LogP contribution in [0.2, 0.25) is 0 Å². The van der Waals surface area contributed by atoms with Gasteiger partial charge >= 0.3 is 0 Å². The van der Waals surface area contributed by atoms with Gasteiger partial charge in [-0.15, -0.1) is 11.8 Å². The Balaban J connectivity index is 1.57. The second-order valence-electron chi connectivity index (χ2n) is 7.95. The molecular weight excluding hydrogens is 423 g/mol. The second-order valence-corrected chi connectivity index (χ2v) is 9.14. The molecule has 2 amide bonds. The minimum atomic E-state index is -0.598. The molecule has 0 spiro atoms. The number of hydrogen-bond donors (Lipinski definition) is 1. The van der Waals surface area contributed by atoms with Crippen LogP contribution in [0.15, 0.2) is 83.8 Å². The topological polar surface area (TPSA) is 49.4 Å². The molecule has 0 fully saturated rings. The van der Waals surface area contributed by atoms with Crippen molar-refractivity contribution < 1.29 is 14.0 Å². The second kappa shape index (κ2) is 9.57. The number of thioether (sulfide) groups is 1. The molecule has 164 valence electrons. The Hall–Kier alpha value is -3.12. The number of carbonyl (C=O) groups is 2. The lowest BCUT2D eigenvalue weighted by atomic mass is 10.0. The number of amides is 2. The molecule has 0 bridgehead atoms. The molecule has 0 saturated heterocycles. The number of hydrogen-bond acceptors (Lipinski definition) is 3. The number of benzene rings is 3. The van der Waals surface area contributed by atoms with Crippen LogP contribution in [-0.2, 0) is 16.1 Å². The van der Waals surface area contributed by atoms with E-state index in [1.807, 2.05) is 61.5 Å². The molecule has 3 aromatic carbocycles. The zero-order valence-corrected chi connectivity index (χ0v) is 18.8. The van der Waals surface area contributed by atoms with E-state index in [1.54, 1.807) is 30.0 Å². The Morgan fingerprint density at radius 3 is 2.41 bits per heavy atom. The minimum Gasteiger partial charge on any atom is -0.349 e. The van der Waals surface area contributed by atoms with Crippen LogP contribution in [0.1, 0.15) is 31.0 Å².